The highest BCUT2D eigenvalue weighted by Crippen LogP contribution is 2.29. The molecule has 2 aliphatic rings. The Bertz CT molecular complexity index is 850. The molecule has 9 nitrogen and oxygen atoms in total. The molecule has 1 aliphatic carbocycles. The van der Waals surface area contributed by atoms with E-state index in [1.165, 1.54) is 6.42 Å². The van der Waals surface area contributed by atoms with E-state index in [4.69, 9.17) is 11.1 Å². The molecule has 1 saturated carbocycles. The Kier molecular flexibility index (Phi) is 8.82. The Morgan fingerprint density at radius 1 is 1.09 bits per heavy atom. The number of amidine groups is 1. The number of benzene rings is 1. The number of nitrogens with zero attached hydrogens (tertiary/aromatic N) is 1. The van der Waals surface area contributed by atoms with Crippen LogP contribution in [-0.2, 0) is 20.9 Å². The van der Waals surface area contributed by atoms with Crippen molar-refractivity contribution in [1.29, 1.82) is 5.41 Å². The monoisotopic (exact) mass is 456 g/mol. The van der Waals surface area contributed by atoms with Gasteiger partial charge in [0.05, 0.1) is 12.6 Å². The highest BCUT2D eigenvalue weighted by Gasteiger charge is 2.42. The number of rotatable bonds is 10. The van der Waals surface area contributed by atoms with Crippen molar-refractivity contribution < 1.29 is 14.4 Å². The lowest BCUT2D eigenvalue weighted by Crippen LogP contribution is -2.63. The molecule has 6 N–H and O–H groups in total. The third-order valence-corrected chi connectivity index (χ3v) is 6.58. The van der Waals surface area contributed by atoms with Crippen LogP contribution < -0.4 is 21.7 Å². The molecule has 2 atom stereocenters. The molecule has 0 unspecified atom stereocenters. The molecule has 1 heterocycles. The van der Waals surface area contributed by atoms with E-state index in [0.29, 0.717) is 31.6 Å². The summed E-state index contributed by atoms with van der Waals surface area (Å²) in [6.45, 7) is 3.41. The van der Waals surface area contributed by atoms with Gasteiger partial charge in [0.25, 0.3) is 0 Å². The molecule has 0 aromatic heterocycles. The van der Waals surface area contributed by atoms with Gasteiger partial charge in [0.15, 0.2) is 0 Å². The number of nitrogens with two attached hydrogens (primary N) is 1. The third kappa shape index (κ3) is 6.54. The zero-order chi connectivity index (χ0) is 23.8. The zero-order valence-corrected chi connectivity index (χ0v) is 19.4. The van der Waals surface area contributed by atoms with Crippen LogP contribution in [-0.4, -0.2) is 60.2 Å². The first-order valence-corrected chi connectivity index (χ1v) is 11.9. The van der Waals surface area contributed by atoms with Gasteiger partial charge in [-0.1, -0.05) is 43.5 Å². The van der Waals surface area contributed by atoms with Crippen LogP contribution >= 0.6 is 0 Å². The highest BCUT2D eigenvalue weighted by molar-refractivity contribution is 5.95. The summed E-state index contributed by atoms with van der Waals surface area (Å²) < 4.78 is 0. The average Bonchev–Trinajstić information content (AvgIpc) is 2.78. The maximum atomic E-state index is 13.4. The number of carbonyl (C=O) groups is 3. The van der Waals surface area contributed by atoms with Crippen molar-refractivity contribution in [3.8, 4) is 0 Å². The molecule has 1 aliphatic heterocycles. The number of likely N-dealkylation sites (N-methyl/N-ethyl adjacent to an activating group) is 1. The van der Waals surface area contributed by atoms with E-state index in [-0.39, 0.29) is 36.0 Å². The molecule has 2 fully saturated rings. The summed E-state index contributed by atoms with van der Waals surface area (Å²) in [5.41, 5.74) is 7.01. The molecule has 33 heavy (non-hydrogen) atoms. The van der Waals surface area contributed by atoms with E-state index < -0.39 is 12.1 Å². The first kappa shape index (κ1) is 24.7. The van der Waals surface area contributed by atoms with E-state index in [1.54, 1.807) is 17.0 Å². The van der Waals surface area contributed by atoms with Gasteiger partial charge in [-0.25, -0.2) is 0 Å². The van der Waals surface area contributed by atoms with Crippen molar-refractivity contribution in [2.24, 2.45) is 11.7 Å². The first-order valence-electron chi connectivity index (χ1n) is 11.9. The minimum absolute atomic E-state index is 0.00233. The van der Waals surface area contributed by atoms with Crippen LogP contribution in [0.4, 0.5) is 0 Å². The molecule has 1 aromatic carbocycles. The molecule has 0 spiro atoms. The highest BCUT2D eigenvalue weighted by atomic mass is 16.2. The third-order valence-electron chi connectivity index (χ3n) is 6.58. The number of hydrogen-bond donors (Lipinski definition) is 5. The minimum atomic E-state index is -0.480. The summed E-state index contributed by atoms with van der Waals surface area (Å²) in [6.07, 6.45) is 5.90. The van der Waals surface area contributed by atoms with Crippen LogP contribution in [0.15, 0.2) is 24.3 Å². The van der Waals surface area contributed by atoms with Crippen LogP contribution in [0.3, 0.4) is 0 Å². The van der Waals surface area contributed by atoms with Gasteiger partial charge in [0.2, 0.25) is 17.7 Å². The first-order chi connectivity index (χ1) is 15.9. The predicted molar refractivity (Wildman–Crippen MR) is 126 cm³/mol. The van der Waals surface area contributed by atoms with Crippen molar-refractivity contribution >= 4 is 23.6 Å². The quantitative estimate of drug-likeness (QED) is 0.262. The van der Waals surface area contributed by atoms with Gasteiger partial charge in [-0.2, -0.15) is 0 Å². The molecule has 3 amide bonds. The van der Waals surface area contributed by atoms with Crippen molar-refractivity contribution in [2.75, 3.05) is 19.6 Å². The number of carbonyl (C=O) groups excluding carboxylic acids is 3. The predicted octanol–water partition coefficient (Wildman–Crippen LogP) is 0.862. The second kappa shape index (κ2) is 11.8. The summed E-state index contributed by atoms with van der Waals surface area (Å²) in [7, 11) is 0. The fourth-order valence-electron chi connectivity index (χ4n) is 4.60. The second-order valence-electron chi connectivity index (χ2n) is 8.87. The fraction of sp³-hybridized carbons (Fsp3) is 0.583. The van der Waals surface area contributed by atoms with Crippen LogP contribution in [0.5, 0.6) is 0 Å². The minimum Gasteiger partial charge on any atom is -0.384 e. The Labute approximate surface area is 195 Å². The number of hydrogen-bond acceptors (Lipinski definition) is 5. The second-order valence-corrected chi connectivity index (χ2v) is 8.87. The lowest BCUT2D eigenvalue weighted by atomic mass is 9.82. The van der Waals surface area contributed by atoms with Gasteiger partial charge < -0.3 is 21.3 Å². The Balaban J connectivity index is 1.58. The maximum absolute atomic E-state index is 13.4. The maximum Gasteiger partial charge on any atom is 0.243 e. The van der Waals surface area contributed by atoms with Crippen molar-refractivity contribution in [3.63, 3.8) is 0 Å². The van der Waals surface area contributed by atoms with E-state index in [2.05, 4.69) is 16.0 Å². The number of amides is 3. The summed E-state index contributed by atoms with van der Waals surface area (Å²) >= 11 is 0. The summed E-state index contributed by atoms with van der Waals surface area (Å²) in [5, 5.41) is 16.3. The van der Waals surface area contributed by atoms with Crippen molar-refractivity contribution in [2.45, 2.75) is 64.1 Å². The summed E-state index contributed by atoms with van der Waals surface area (Å²) in [5.74, 6) is -0.188. The molecular formula is C24H36N6O3. The fourth-order valence-corrected chi connectivity index (χ4v) is 4.60. The van der Waals surface area contributed by atoms with Crippen molar-refractivity contribution in [3.05, 3.63) is 35.4 Å². The van der Waals surface area contributed by atoms with Crippen LogP contribution in [0.25, 0.3) is 0 Å². The largest absolute Gasteiger partial charge is 0.384 e. The Morgan fingerprint density at radius 3 is 2.36 bits per heavy atom. The molecular weight excluding hydrogens is 420 g/mol. The lowest BCUT2D eigenvalue weighted by Gasteiger charge is -2.43. The van der Waals surface area contributed by atoms with Crippen LogP contribution in [0.1, 0.15) is 56.6 Å². The lowest BCUT2D eigenvalue weighted by molar-refractivity contribution is -0.150. The van der Waals surface area contributed by atoms with E-state index >= 15 is 0 Å². The van der Waals surface area contributed by atoms with Crippen LogP contribution in [0.2, 0.25) is 0 Å². The summed E-state index contributed by atoms with van der Waals surface area (Å²) in [4.78, 5) is 39.8. The van der Waals surface area contributed by atoms with E-state index in [9.17, 15) is 14.4 Å². The van der Waals surface area contributed by atoms with Gasteiger partial charge in [-0.15, -0.1) is 0 Å². The van der Waals surface area contributed by atoms with Gasteiger partial charge in [-0.3, -0.25) is 25.1 Å². The normalized spacial score (nSPS) is 19.3. The topological polar surface area (TPSA) is 140 Å². The number of likely N-dealkylation sites (tertiary alicyclic amines) is 1. The molecule has 0 bridgehead atoms. The number of nitrogens with one attached hydrogen (secondary N) is 4. The van der Waals surface area contributed by atoms with Gasteiger partial charge in [0.1, 0.15) is 11.9 Å². The van der Waals surface area contributed by atoms with E-state index in [0.717, 1.165) is 31.2 Å². The SMILES string of the molecule is CCNC(=O)CN[C@@H](C(=O)N1CC[C@H]1C(=O)NCc1ccc(C(=N)N)cc1)C1CCCCC1. The standard InChI is InChI=1S/C24H36N6O3/c1-2-27-20(31)15-28-21(17-6-4-3-5-7-17)24(33)30-13-12-19(30)23(32)29-14-16-8-10-18(11-9-16)22(25)26/h8-11,17,19,21,28H,2-7,12-15H2,1H3,(H3,25,26)(H,27,31)(H,29,32)/t19-,21+/m0/s1. The number of nitrogen functional groups attached to an aromatic ring is 1. The Hall–Kier alpha value is -2.94. The molecule has 3 rings (SSSR count). The van der Waals surface area contributed by atoms with Gasteiger partial charge in [0, 0.05) is 25.2 Å². The van der Waals surface area contributed by atoms with E-state index in [1.807, 2.05) is 19.1 Å². The van der Waals surface area contributed by atoms with Gasteiger partial charge in [-0.05, 0) is 37.7 Å². The smallest absolute Gasteiger partial charge is 0.243 e. The van der Waals surface area contributed by atoms with Crippen LogP contribution in [0, 0.1) is 11.3 Å². The molecule has 180 valence electrons. The molecule has 1 aromatic rings. The zero-order valence-electron chi connectivity index (χ0n) is 19.4. The summed E-state index contributed by atoms with van der Waals surface area (Å²) in [6, 6.07) is 6.22. The molecule has 9 heteroatoms. The van der Waals surface area contributed by atoms with Crippen molar-refractivity contribution in [1.82, 2.24) is 20.9 Å². The Morgan fingerprint density at radius 2 is 1.79 bits per heavy atom. The van der Waals surface area contributed by atoms with Gasteiger partial charge >= 0.3 is 0 Å². The molecule has 0 radical (unpaired) electrons. The molecule has 1 saturated heterocycles. The average molecular weight is 457 g/mol.